The van der Waals surface area contributed by atoms with Gasteiger partial charge in [0.2, 0.25) is 8.32 Å². The van der Waals surface area contributed by atoms with Crippen LogP contribution in [0.25, 0.3) is 0 Å². The SMILES string of the molecule is CC(C)=CCc1cc(C(=O)O)ccc1O[Si](C)(C)C. The molecule has 0 atom stereocenters. The third-order valence-electron chi connectivity index (χ3n) is 2.45. The molecule has 0 heterocycles. The molecule has 0 aliphatic heterocycles. The number of hydrogen-bond donors (Lipinski definition) is 1. The van der Waals surface area contributed by atoms with Gasteiger partial charge in [-0.05, 0) is 63.7 Å². The van der Waals surface area contributed by atoms with Crippen molar-refractivity contribution in [2.75, 3.05) is 0 Å². The first-order valence-corrected chi connectivity index (χ1v) is 9.78. The van der Waals surface area contributed by atoms with Gasteiger partial charge in [-0.25, -0.2) is 4.79 Å². The first-order chi connectivity index (χ1) is 8.69. The van der Waals surface area contributed by atoms with Crippen molar-refractivity contribution in [1.82, 2.24) is 0 Å². The molecule has 1 aromatic carbocycles. The standard InChI is InChI=1S/C15H22O3Si/c1-11(2)6-7-12-10-13(15(16)17)8-9-14(12)18-19(3,4)5/h6,8-10H,7H2,1-5H3,(H,16,17). The van der Waals surface area contributed by atoms with Crippen molar-refractivity contribution in [3.8, 4) is 5.75 Å². The number of benzene rings is 1. The van der Waals surface area contributed by atoms with Crippen molar-refractivity contribution >= 4 is 14.3 Å². The van der Waals surface area contributed by atoms with Crippen molar-refractivity contribution in [3.63, 3.8) is 0 Å². The maximum Gasteiger partial charge on any atom is 0.335 e. The average molecular weight is 278 g/mol. The monoisotopic (exact) mass is 278 g/mol. The first kappa shape index (κ1) is 15.5. The summed E-state index contributed by atoms with van der Waals surface area (Å²) in [5.74, 6) is -0.0975. The summed E-state index contributed by atoms with van der Waals surface area (Å²) in [5.41, 5.74) is 2.45. The molecule has 4 heteroatoms. The molecule has 0 aliphatic carbocycles. The van der Waals surface area contributed by atoms with E-state index in [1.54, 1.807) is 18.2 Å². The molecule has 0 fully saturated rings. The number of rotatable bonds is 5. The molecule has 1 N–H and O–H groups in total. The van der Waals surface area contributed by atoms with Crippen molar-refractivity contribution in [1.29, 1.82) is 0 Å². The Morgan fingerprint density at radius 3 is 2.42 bits per heavy atom. The molecule has 3 nitrogen and oxygen atoms in total. The van der Waals surface area contributed by atoms with E-state index in [2.05, 4.69) is 25.7 Å². The Morgan fingerprint density at radius 1 is 1.32 bits per heavy atom. The van der Waals surface area contributed by atoms with E-state index in [9.17, 15) is 4.79 Å². The van der Waals surface area contributed by atoms with E-state index in [4.69, 9.17) is 9.53 Å². The highest BCUT2D eigenvalue weighted by molar-refractivity contribution is 6.70. The quantitative estimate of drug-likeness (QED) is 0.651. The Morgan fingerprint density at radius 2 is 1.95 bits per heavy atom. The minimum atomic E-state index is -1.70. The molecular weight excluding hydrogens is 256 g/mol. The second kappa shape index (κ2) is 6.06. The highest BCUT2D eigenvalue weighted by atomic mass is 28.4. The molecule has 1 rings (SSSR count). The summed E-state index contributed by atoms with van der Waals surface area (Å²) in [4.78, 5) is 11.0. The van der Waals surface area contributed by atoms with Crippen LogP contribution >= 0.6 is 0 Å². The van der Waals surface area contributed by atoms with E-state index >= 15 is 0 Å². The van der Waals surface area contributed by atoms with Crippen LogP contribution in [0.15, 0.2) is 29.8 Å². The van der Waals surface area contributed by atoms with Gasteiger partial charge in [0.25, 0.3) is 0 Å². The molecule has 0 amide bonds. The van der Waals surface area contributed by atoms with Crippen LogP contribution in [0.3, 0.4) is 0 Å². The summed E-state index contributed by atoms with van der Waals surface area (Å²) >= 11 is 0. The Bertz CT molecular complexity index is 495. The zero-order valence-corrected chi connectivity index (χ0v) is 13.3. The van der Waals surface area contributed by atoms with Crippen LogP contribution in [0.4, 0.5) is 0 Å². The van der Waals surface area contributed by atoms with Crippen molar-refractivity contribution in [2.45, 2.75) is 39.9 Å². The summed E-state index contributed by atoms with van der Waals surface area (Å²) in [6, 6.07) is 5.08. The van der Waals surface area contributed by atoms with Gasteiger partial charge >= 0.3 is 5.97 Å². The lowest BCUT2D eigenvalue weighted by Gasteiger charge is -2.21. The second-order valence-electron chi connectivity index (χ2n) is 5.83. The number of aromatic carboxylic acids is 1. The van der Waals surface area contributed by atoms with Crippen LogP contribution in [0, 0.1) is 0 Å². The molecule has 0 unspecified atom stereocenters. The summed E-state index contributed by atoms with van der Waals surface area (Å²) < 4.78 is 6.02. The minimum Gasteiger partial charge on any atom is -0.544 e. The lowest BCUT2D eigenvalue weighted by atomic mass is 10.1. The smallest absolute Gasteiger partial charge is 0.335 e. The number of carboxylic acids is 1. The molecular formula is C15H22O3Si. The molecule has 0 aromatic heterocycles. The largest absolute Gasteiger partial charge is 0.544 e. The molecule has 0 bridgehead atoms. The van der Waals surface area contributed by atoms with Gasteiger partial charge in [-0.2, -0.15) is 0 Å². The van der Waals surface area contributed by atoms with Crippen LogP contribution in [-0.4, -0.2) is 19.4 Å². The number of carbonyl (C=O) groups is 1. The van der Waals surface area contributed by atoms with Crippen LogP contribution in [0.5, 0.6) is 5.75 Å². The normalized spacial score (nSPS) is 11.0. The molecule has 0 saturated carbocycles. The molecule has 0 saturated heterocycles. The summed E-state index contributed by atoms with van der Waals surface area (Å²) in [7, 11) is -1.70. The third kappa shape index (κ3) is 5.30. The fourth-order valence-electron chi connectivity index (χ4n) is 1.62. The number of allylic oxidation sites excluding steroid dienone is 2. The predicted molar refractivity (Wildman–Crippen MR) is 80.5 cm³/mol. The van der Waals surface area contributed by atoms with Crippen LogP contribution < -0.4 is 4.43 Å². The number of hydrogen-bond acceptors (Lipinski definition) is 2. The predicted octanol–water partition coefficient (Wildman–Crippen LogP) is 4.11. The van der Waals surface area contributed by atoms with Gasteiger partial charge in [0.15, 0.2) is 0 Å². The van der Waals surface area contributed by atoms with Gasteiger partial charge in [-0.1, -0.05) is 11.6 Å². The zero-order chi connectivity index (χ0) is 14.6. The molecule has 0 aliphatic rings. The van der Waals surface area contributed by atoms with E-state index in [0.717, 1.165) is 11.3 Å². The number of carboxylic acid groups (broad SMARTS) is 1. The second-order valence-corrected chi connectivity index (χ2v) is 10.3. The van der Waals surface area contributed by atoms with Gasteiger partial charge in [0.1, 0.15) is 5.75 Å². The first-order valence-electron chi connectivity index (χ1n) is 6.37. The topological polar surface area (TPSA) is 46.5 Å². The van der Waals surface area contributed by atoms with Gasteiger partial charge in [0, 0.05) is 0 Å². The maximum absolute atomic E-state index is 11.0. The molecule has 19 heavy (non-hydrogen) atoms. The highest BCUT2D eigenvalue weighted by Gasteiger charge is 2.18. The Kier molecular flexibility index (Phi) is 4.95. The Labute approximate surface area is 116 Å². The average Bonchev–Trinajstić information content (AvgIpc) is 2.25. The van der Waals surface area contributed by atoms with Crippen molar-refractivity contribution in [2.24, 2.45) is 0 Å². The fourth-order valence-corrected chi connectivity index (χ4v) is 2.47. The van der Waals surface area contributed by atoms with E-state index in [-0.39, 0.29) is 0 Å². The fraction of sp³-hybridized carbons (Fsp3) is 0.400. The van der Waals surface area contributed by atoms with Gasteiger partial charge < -0.3 is 9.53 Å². The summed E-state index contributed by atoms with van der Waals surface area (Å²) in [6.45, 7) is 10.4. The Hall–Kier alpha value is -1.55. The van der Waals surface area contributed by atoms with E-state index in [0.29, 0.717) is 12.0 Å². The summed E-state index contributed by atoms with van der Waals surface area (Å²) in [6.07, 6.45) is 2.78. The van der Waals surface area contributed by atoms with E-state index in [1.165, 1.54) is 5.57 Å². The van der Waals surface area contributed by atoms with Crippen molar-refractivity contribution in [3.05, 3.63) is 41.0 Å². The van der Waals surface area contributed by atoms with Gasteiger partial charge in [-0.3, -0.25) is 0 Å². The third-order valence-corrected chi connectivity index (χ3v) is 3.29. The molecule has 1 aromatic rings. The van der Waals surface area contributed by atoms with Crippen molar-refractivity contribution < 1.29 is 14.3 Å². The maximum atomic E-state index is 11.0. The zero-order valence-electron chi connectivity index (χ0n) is 12.3. The highest BCUT2D eigenvalue weighted by Crippen LogP contribution is 2.24. The lowest BCUT2D eigenvalue weighted by molar-refractivity contribution is 0.0697. The molecule has 0 radical (unpaired) electrons. The van der Waals surface area contributed by atoms with E-state index in [1.807, 2.05) is 13.8 Å². The van der Waals surface area contributed by atoms with Crippen LogP contribution in [0.1, 0.15) is 29.8 Å². The molecule has 0 spiro atoms. The van der Waals surface area contributed by atoms with Gasteiger partial charge in [-0.15, -0.1) is 0 Å². The van der Waals surface area contributed by atoms with Gasteiger partial charge in [0.05, 0.1) is 5.56 Å². The van der Waals surface area contributed by atoms with Crippen LogP contribution in [-0.2, 0) is 6.42 Å². The lowest BCUT2D eigenvalue weighted by Crippen LogP contribution is -2.29. The molecule has 104 valence electrons. The van der Waals surface area contributed by atoms with E-state index < -0.39 is 14.3 Å². The minimum absolute atomic E-state index is 0.306. The summed E-state index contributed by atoms with van der Waals surface area (Å²) in [5, 5.41) is 9.06. The van der Waals surface area contributed by atoms with Crippen LogP contribution in [0.2, 0.25) is 19.6 Å². The Balaban J connectivity index is 3.14.